The third-order valence-corrected chi connectivity index (χ3v) is 2.54. The molecule has 0 aromatic heterocycles. The summed E-state index contributed by atoms with van der Waals surface area (Å²) in [6.45, 7) is 2.07. The molecule has 1 rings (SSSR count). The van der Waals surface area contributed by atoms with Crippen LogP contribution in [0, 0.1) is 11.3 Å². The van der Waals surface area contributed by atoms with Crippen LogP contribution in [0.3, 0.4) is 0 Å². The summed E-state index contributed by atoms with van der Waals surface area (Å²) in [5, 5.41) is 8.76. The zero-order valence-corrected chi connectivity index (χ0v) is 8.11. The first-order valence-corrected chi connectivity index (χ1v) is 5.11. The van der Waals surface area contributed by atoms with Crippen molar-refractivity contribution in [2.24, 2.45) is 0 Å². The van der Waals surface area contributed by atoms with E-state index in [0.717, 1.165) is 17.5 Å². The first-order chi connectivity index (χ1) is 5.81. The highest BCUT2D eigenvalue weighted by molar-refractivity contribution is 7.98. The Morgan fingerprint density at radius 1 is 1.50 bits per heavy atom. The van der Waals surface area contributed by atoms with Gasteiger partial charge in [0.15, 0.2) is 0 Å². The zero-order chi connectivity index (χ0) is 8.97. The molecule has 1 aromatic carbocycles. The van der Waals surface area contributed by atoms with Gasteiger partial charge in [-0.25, -0.2) is 0 Å². The van der Waals surface area contributed by atoms with E-state index in [-0.39, 0.29) is 0 Å². The fourth-order valence-electron chi connectivity index (χ4n) is 1.10. The molecular formula is C10H11NS. The molecule has 0 saturated heterocycles. The maximum atomic E-state index is 8.76. The second kappa shape index (κ2) is 4.18. The summed E-state index contributed by atoms with van der Waals surface area (Å²) in [5.41, 5.74) is 1.94. The van der Waals surface area contributed by atoms with Crippen LogP contribution in [0.2, 0.25) is 0 Å². The molecule has 2 heteroatoms. The first-order valence-electron chi connectivity index (χ1n) is 3.88. The van der Waals surface area contributed by atoms with Gasteiger partial charge in [-0.3, -0.25) is 0 Å². The van der Waals surface area contributed by atoms with E-state index in [1.807, 2.05) is 18.4 Å². The Bertz CT molecular complexity index is 312. The third kappa shape index (κ3) is 1.80. The van der Waals surface area contributed by atoms with E-state index < -0.39 is 0 Å². The molecule has 0 unspecified atom stereocenters. The topological polar surface area (TPSA) is 23.8 Å². The lowest BCUT2D eigenvalue weighted by Crippen LogP contribution is -1.87. The molecule has 62 valence electrons. The normalized spacial score (nSPS) is 9.42. The van der Waals surface area contributed by atoms with Gasteiger partial charge in [0.05, 0.1) is 11.6 Å². The van der Waals surface area contributed by atoms with Crippen LogP contribution >= 0.6 is 11.8 Å². The van der Waals surface area contributed by atoms with Crippen molar-refractivity contribution >= 4 is 11.8 Å². The minimum Gasteiger partial charge on any atom is -0.192 e. The number of nitriles is 1. The Labute approximate surface area is 77.4 Å². The Morgan fingerprint density at radius 2 is 2.25 bits per heavy atom. The van der Waals surface area contributed by atoms with Crippen molar-refractivity contribution in [2.75, 3.05) is 6.26 Å². The molecule has 0 aliphatic carbocycles. The summed E-state index contributed by atoms with van der Waals surface area (Å²) in [5.74, 6) is 0. The zero-order valence-electron chi connectivity index (χ0n) is 7.29. The summed E-state index contributed by atoms with van der Waals surface area (Å²) >= 11 is 1.71. The minimum atomic E-state index is 0.801. The largest absolute Gasteiger partial charge is 0.192 e. The van der Waals surface area contributed by atoms with Crippen LogP contribution in [0.4, 0.5) is 0 Å². The van der Waals surface area contributed by atoms with Crippen LogP contribution < -0.4 is 0 Å². The van der Waals surface area contributed by atoms with Crippen LogP contribution in [-0.2, 0) is 6.42 Å². The first kappa shape index (κ1) is 9.15. The van der Waals surface area contributed by atoms with E-state index in [0.29, 0.717) is 0 Å². The van der Waals surface area contributed by atoms with Crippen molar-refractivity contribution < 1.29 is 0 Å². The highest BCUT2D eigenvalue weighted by Gasteiger charge is 1.99. The van der Waals surface area contributed by atoms with Gasteiger partial charge in [0, 0.05) is 4.90 Å². The van der Waals surface area contributed by atoms with Gasteiger partial charge in [-0.05, 0) is 36.4 Å². The molecule has 1 aromatic rings. The second-order valence-electron chi connectivity index (χ2n) is 2.49. The van der Waals surface area contributed by atoms with E-state index in [1.54, 1.807) is 11.8 Å². The summed E-state index contributed by atoms with van der Waals surface area (Å²) in [7, 11) is 0. The van der Waals surface area contributed by atoms with Crippen LogP contribution in [0.1, 0.15) is 18.1 Å². The minimum absolute atomic E-state index is 0.801. The van der Waals surface area contributed by atoms with E-state index >= 15 is 0 Å². The van der Waals surface area contributed by atoms with Crippen LogP contribution in [0.5, 0.6) is 0 Å². The van der Waals surface area contributed by atoms with Gasteiger partial charge in [-0.1, -0.05) is 6.92 Å². The number of hydrogen-bond donors (Lipinski definition) is 0. The summed E-state index contributed by atoms with van der Waals surface area (Å²) < 4.78 is 0. The lowest BCUT2D eigenvalue weighted by Gasteiger charge is -2.02. The number of thioether (sulfide) groups is 1. The molecule has 0 amide bonds. The average molecular weight is 177 g/mol. The van der Waals surface area contributed by atoms with Crippen molar-refractivity contribution in [2.45, 2.75) is 18.2 Å². The Morgan fingerprint density at radius 3 is 2.75 bits per heavy atom. The van der Waals surface area contributed by atoms with Crippen molar-refractivity contribution in [3.63, 3.8) is 0 Å². The predicted octanol–water partition coefficient (Wildman–Crippen LogP) is 2.84. The Balaban J connectivity index is 3.13. The van der Waals surface area contributed by atoms with Crippen molar-refractivity contribution in [1.82, 2.24) is 0 Å². The Hall–Kier alpha value is -0.940. The number of hydrogen-bond acceptors (Lipinski definition) is 2. The third-order valence-electron chi connectivity index (χ3n) is 1.81. The van der Waals surface area contributed by atoms with Crippen LogP contribution in [0.15, 0.2) is 23.1 Å². The molecule has 0 fully saturated rings. The van der Waals surface area contributed by atoms with Crippen LogP contribution in [0.25, 0.3) is 0 Å². The van der Waals surface area contributed by atoms with Gasteiger partial charge >= 0.3 is 0 Å². The highest BCUT2D eigenvalue weighted by Crippen LogP contribution is 2.19. The van der Waals surface area contributed by atoms with E-state index in [1.165, 1.54) is 4.90 Å². The standard InChI is InChI=1S/C10H11NS/c1-3-8-6-10(12-2)5-4-9(8)7-11/h4-6H,3H2,1-2H3. The number of rotatable bonds is 2. The fourth-order valence-corrected chi connectivity index (χ4v) is 1.56. The molecule has 0 aliphatic heterocycles. The molecule has 0 bridgehead atoms. The second-order valence-corrected chi connectivity index (χ2v) is 3.37. The molecule has 0 aliphatic rings. The molecular weight excluding hydrogens is 166 g/mol. The van der Waals surface area contributed by atoms with Gasteiger partial charge < -0.3 is 0 Å². The molecule has 0 heterocycles. The number of aryl methyl sites for hydroxylation is 1. The van der Waals surface area contributed by atoms with E-state index in [9.17, 15) is 0 Å². The Kier molecular flexibility index (Phi) is 3.19. The maximum absolute atomic E-state index is 8.76. The SMILES string of the molecule is CCc1cc(SC)ccc1C#N. The van der Waals surface area contributed by atoms with Gasteiger partial charge in [-0.2, -0.15) is 5.26 Å². The predicted molar refractivity (Wildman–Crippen MR) is 52.3 cm³/mol. The quantitative estimate of drug-likeness (QED) is 0.648. The lowest BCUT2D eigenvalue weighted by atomic mass is 10.1. The summed E-state index contributed by atoms with van der Waals surface area (Å²) in [6, 6.07) is 8.16. The molecule has 12 heavy (non-hydrogen) atoms. The average Bonchev–Trinajstić information content (AvgIpc) is 2.16. The van der Waals surface area contributed by atoms with Crippen LogP contribution in [-0.4, -0.2) is 6.26 Å². The summed E-state index contributed by atoms with van der Waals surface area (Å²) in [4.78, 5) is 1.23. The fraction of sp³-hybridized carbons (Fsp3) is 0.300. The van der Waals surface area contributed by atoms with E-state index in [4.69, 9.17) is 5.26 Å². The highest BCUT2D eigenvalue weighted by atomic mass is 32.2. The molecule has 0 N–H and O–H groups in total. The molecule has 0 saturated carbocycles. The number of benzene rings is 1. The molecule has 0 spiro atoms. The molecule has 0 atom stereocenters. The molecule has 1 nitrogen and oxygen atoms in total. The number of nitrogens with zero attached hydrogens (tertiary/aromatic N) is 1. The molecule has 0 radical (unpaired) electrons. The van der Waals surface area contributed by atoms with Gasteiger partial charge in [0.25, 0.3) is 0 Å². The van der Waals surface area contributed by atoms with E-state index in [2.05, 4.69) is 19.1 Å². The van der Waals surface area contributed by atoms with Crippen molar-refractivity contribution in [1.29, 1.82) is 5.26 Å². The smallest absolute Gasteiger partial charge is 0.0994 e. The lowest BCUT2D eigenvalue weighted by molar-refractivity contribution is 1.11. The monoisotopic (exact) mass is 177 g/mol. The van der Waals surface area contributed by atoms with Gasteiger partial charge in [0.1, 0.15) is 0 Å². The van der Waals surface area contributed by atoms with Gasteiger partial charge in [0.2, 0.25) is 0 Å². The van der Waals surface area contributed by atoms with Gasteiger partial charge in [-0.15, -0.1) is 11.8 Å². The summed E-state index contributed by atoms with van der Waals surface area (Å²) in [6.07, 6.45) is 2.97. The van der Waals surface area contributed by atoms with Crippen molar-refractivity contribution in [3.8, 4) is 6.07 Å². The maximum Gasteiger partial charge on any atom is 0.0994 e. The van der Waals surface area contributed by atoms with Crippen molar-refractivity contribution in [3.05, 3.63) is 29.3 Å².